The quantitative estimate of drug-likeness (QED) is 0.450. The predicted molar refractivity (Wildman–Crippen MR) is 91.1 cm³/mol. The Morgan fingerprint density at radius 2 is 1.65 bits per heavy atom. The first-order valence-electron chi connectivity index (χ1n) is 8.19. The minimum atomic E-state index is 0. The predicted octanol–water partition coefficient (Wildman–Crippen LogP) is 6.30. The zero-order chi connectivity index (χ0) is 14.1. The van der Waals surface area contributed by atoms with E-state index in [0.717, 1.165) is 13.0 Å². The van der Waals surface area contributed by atoms with Gasteiger partial charge in [-0.1, -0.05) is 78.0 Å². The van der Waals surface area contributed by atoms with E-state index in [0.29, 0.717) is 12.0 Å². The van der Waals surface area contributed by atoms with E-state index in [-0.39, 0.29) is 7.43 Å². The minimum Gasteiger partial charge on any atom is -0.373 e. The van der Waals surface area contributed by atoms with E-state index in [1.165, 1.54) is 49.7 Å². The van der Waals surface area contributed by atoms with Crippen LogP contribution in [-0.4, -0.2) is 12.7 Å². The zero-order valence-corrected chi connectivity index (χ0v) is 13.4. The maximum absolute atomic E-state index is 6.17. The Morgan fingerprint density at radius 3 is 2.30 bits per heavy atom. The largest absolute Gasteiger partial charge is 0.373 e. The lowest BCUT2D eigenvalue weighted by atomic mass is 9.85. The zero-order valence-electron chi connectivity index (χ0n) is 13.4. The fourth-order valence-corrected chi connectivity index (χ4v) is 2.71. The molecule has 118 valence electrons. The topological polar surface area (TPSA) is 9.23 Å². The van der Waals surface area contributed by atoms with Crippen LogP contribution < -0.4 is 0 Å². The van der Waals surface area contributed by atoms with Gasteiger partial charge in [-0.3, -0.25) is 0 Å². The van der Waals surface area contributed by atoms with Gasteiger partial charge >= 0.3 is 0 Å². The van der Waals surface area contributed by atoms with E-state index in [1.54, 1.807) is 0 Å². The van der Waals surface area contributed by atoms with Gasteiger partial charge in [0, 0.05) is 12.5 Å². The number of ether oxygens (including phenoxy) is 1. The van der Waals surface area contributed by atoms with Crippen molar-refractivity contribution < 1.29 is 4.74 Å². The number of unbranched alkanes of at least 4 members (excludes halogenated alkanes) is 5. The van der Waals surface area contributed by atoms with E-state index in [9.17, 15) is 0 Å². The van der Waals surface area contributed by atoms with Crippen LogP contribution >= 0.6 is 0 Å². The van der Waals surface area contributed by atoms with Crippen LogP contribution in [0.2, 0.25) is 0 Å². The van der Waals surface area contributed by atoms with Gasteiger partial charge < -0.3 is 4.74 Å². The molecule has 0 amide bonds. The molecule has 20 heavy (non-hydrogen) atoms. The summed E-state index contributed by atoms with van der Waals surface area (Å²) in [6.45, 7) is 9.93. The molecule has 0 aromatic heterocycles. The SMILES string of the molecule is C.CCCCCCCCOC1C(CC)=CC=C(C)C1C. The summed E-state index contributed by atoms with van der Waals surface area (Å²) < 4.78 is 6.17. The first-order chi connectivity index (χ1) is 9.20. The standard InChI is InChI=1S/C18H32O.CH4/c1-5-7-8-9-10-11-14-19-18-16(4)15(3)12-13-17(18)6-2;/h12-13,16,18H,5-11,14H2,1-4H3;1H4. The molecule has 2 unspecified atom stereocenters. The lowest BCUT2D eigenvalue weighted by Crippen LogP contribution is -2.27. The van der Waals surface area contributed by atoms with Crippen LogP contribution in [0.25, 0.3) is 0 Å². The normalized spacial score (nSPS) is 22.0. The molecular weight excluding hydrogens is 244 g/mol. The summed E-state index contributed by atoms with van der Waals surface area (Å²) in [7, 11) is 0. The highest BCUT2D eigenvalue weighted by atomic mass is 16.5. The second kappa shape index (κ2) is 11.1. The average molecular weight is 280 g/mol. The third kappa shape index (κ3) is 6.26. The van der Waals surface area contributed by atoms with Crippen molar-refractivity contribution in [3.8, 4) is 0 Å². The van der Waals surface area contributed by atoms with Crippen molar-refractivity contribution in [2.75, 3.05) is 6.61 Å². The van der Waals surface area contributed by atoms with Crippen LogP contribution in [0.1, 0.15) is 80.1 Å². The van der Waals surface area contributed by atoms with Crippen LogP contribution in [0.4, 0.5) is 0 Å². The number of hydrogen-bond donors (Lipinski definition) is 0. The van der Waals surface area contributed by atoms with Crippen LogP contribution in [-0.2, 0) is 4.74 Å². The molecule has 0 fully saturated rings. The molecule has 0 N–H and O–H groups in total. The molecule has 1 aliphatic carbocycles. The highest BCUT2D eigenvalue weighted by Crippen LogP contribution is 2.29. The molecule has 0 spiro atoms. The Kier molecular flexibility index (Phi) is 10.8. The van der Waals surface area contributed by atoms with Crippen molar-refractivity contribution in [1.82, 2.24) is 0 Å². The highest BCUT2D eigenvalue weighted by molar-refractivity contribution is 5.29. The average Bonchev–Trinajstić information content (AvgIpc) is 2.42. The summed E-state index contributed by atoms with van der Waals surface area (Å²) >= 11 is 0. The minimum absolute atomic E-state index is 0. The molecule has 0 aliphatic heterocycles. The first-order valence-corrected chi connectivity index (χ1v) is 8.19. The highest BCUT2D eigenvalue weighted by Gasteiger charge is 2.24. The van der Waals surface area contributed by atoms with Crippen molar-refractivity contribution >= 4 is 0 Å². The van der Waals surface area contributed by atoms with Gasteiger partial charge in [0.1, 0.15) is 0 Å². The summed E-state index contributed by atoms with van der Waals surface area (Å²) in [6, 6.07) is 0. The summed E-state index contributed by atoms with van der Waals surface area (Å²) in [4.78, 5) is 0. The fourth-order valence-electron chi connectivity index (χ4n) is 2.71. The molecule has 1 nitrogen and oxygen atoms in total. The van der Waals surface area contributed by atoms with Gasteiger partial charge in [-0.25, -0.2) is 0 Å². The lowest BCUT2D eigenvalue weighted by Gasteiger charge is -2.30. The molecule has 2 atom stereocenters. The summed E-state index contributed by atoms with van der Waals surface area (Å²) in [6.07, 6.45) is 14.0. The fraction of sp³-hybridized carbons (Fsp3) is 0.789. The van der Waals surface area contributed by atoms with E-state index >= 15 is 0 Å². The molecule has 0 radical (unpaired) electrons. The van der Waals surface area contributed by atoms with Crippen LogP contribution in [0, 0.1) is 5.92 Å². The van der Waals surface area contributed by atoms with Crippen molar-refractivity contribution in [3.63, 3.8) is 0 Å². The van der Waals surface area contributed by atoms with E-state index < -0.39 is 0 Å². The van der Waals surface area contributed by atoms with Gasteiger partial charge in [-0.2, -0.15) is 0 Å². The van der Waals surface area contributed by atoms with Crippen molar-refractivity contribution in [3.05, 3.63) is 23.3 Å². The number of rotatable bonds is 9. The van der Waals surface area contributed by atoms with Crippen molar-refractivity contribution in [1.29, 1.82) is 0 Å². The van der Waals surface area contributed by atoms with E-state index in [2.05, 4.69) is 39.8 Å². The Hall–Kier alpha value is -0.560. The van der Waals surface area contributed by atoms with Crippen LogP contribution in [0.15, 0.2) is 23.3 Å². The Bertz CT molecular complexity index is 301. The Morgan fingerprint density at radius 1 is 1.00 bits per heavy atom. The second-order valence-electron chi connectivity index (χ2n) is 5.85. The third-order valence-electron chi connectivity index (χ3n) is 4.30. The molecule has 1 rings (SSSR count). The molecule has 1 aliphatic rings. The van der Waals surface area contributed by atoms with Gasteiger partial charge in [-0.15, -0.1) is 0 Å². The van der Waals surface area contributed by atoms with Crippen molar-refractivity contribution in [2.45, 2.75) is 86.2 Å². The van der Waals surface area contributed by atoms with E-state index in [4.69, 9.17) is 4.74 Å². The van der Waals surface area contributed by atoms with Crippen LogP contribution in [0.5, 0.6) is 0 Å². The van der Waals surface area contributed by atoms with Gasteiger partial charge in [-0.05, 0) is 25.3 Å². The van der Waals surface area contributed by atoms with Gasteiger partial charge in [0.05, 0.1) is 6.10 Å². The smallest absolute Gasteiger partial charge is 0.0850 e. The second-order valence-corrected chi connectivity index (χ2v) is 5.85. The molecule has 0 bridgehead atoms. The number of allylic oxidation sites excluding steroid dienone is 2. The monoisotopic (exact) mass is 280 g/mol. The maximum atomic E-state index is 6.17. The molecule has 0 saturated carbocycles. The Labute approximate surface area is 127 Å². The van der Waals surface area contributed by atoms with E-state index in [1.807, 2.05) is 0 Å². The molecular formula is C19H36O. The molecule has 0 aromatic carbocycles. The molecule has 1 heteroatoms. The lowest BCUT2D eigenvalue weighted by molar-refractivity contribution is 0.0462. The maximum Gasteiger partial charge on any atom is 0.0850 e. The van der Waals surface area contributed by atoms with Crippen LogP contribution in [0.3, 0.4) is 0 Å². The molecule has 0 heterocycles. The summed E-state index contributed by atoms with van der Waals surface area (Å²) in [5.41, 5.74) is 2.91. The summed E-state index contributed by atoms with van der Waals surface area (Å²) in [5.74, 6) is 0.542. The first kappa shape index (κ1) is 19.4. The van der Waals surface area contributed by atoms with Gasteiger partial charge in [0.15, 0.2) is 0 Å². The van der Waals surface area contributed by atoms with Crippen molar-refractivity contribution in [2.24, 2.45) is 5.92 Å². The number of hydrogen-bond acceptors (Lipinski definition) is 1. The molecule has 0 aromatic rings. The summed E-state index contributed by atoms with van der Waals surface area (Å²) in [5, 5.41) is 0. The Balaban J connectivity index is 0.00000361. The third-order valence-corrected chi connectivity index (χ3v) is 4.30. The van der Waals surface area contributed by atoms with Gasteiger partial charge in [0.25, 0.3) is 0 Å². The van der Waals surface area contributed by atoms with Gasteiger partial charge in [0.2, 0.25) is 0 Å². The molecule has 0 saturated heterocycles.